The van der Waals surface area contributed by atoms with E-state index in [2.05, 4.69) is 17.4 Å². The minimum atomic E-state index is 0.978. The lowest BCUT2D eigenvalue weighted by atomic mass is 10.1. The molecule has 0 saturated heterocycles. The first-order valence-electron chi connectivity index (χ1n) is 4.13. The van der Waals surface area contributed by atoms with Crippen LogP contribution in [0.15, 0.2) is 28.9 Å². The largest absolute Gasteiger partial charge is 0.464 e. The molecule has 2 aromatic rings. The van der Waals surface area contributed by atoms with Crippen LogP contribution in [0.3, 0.4) is 0 Å². The topological polar surface area (TPSA) is 25.2 Å². The molecule has 0 spiro atoms. The number of benzene rings is 1. The number of rotatable bonds is 0. The van der Waals surface area contributed by atoms with Crippen LogP contribution in [-0.4, -0.2) is 0 Å². The van der Waals surface area contributed by atoms with Crippen molar-refractivity contribution in [3.63, 3.8) is 0 Å². The summed E-state index contributed by atoms with van der Waals surface area (Å²) in [6, 6.07) is 6.34. The first-order chi connectivity index (χ1) is 5.93. The molecule has 12 heavy (non-hydrogen) atoms. The zero-order chi connectivity index (χ0) is 7.97. The Bertz CT molecular complexity index is 392. The fraction of sp³-hybridized carbons (Fsp3) is 0.200. The van der Waals surface area contributed by atoms with E-state index in [1.807, 2.05) is 6.07 Å². The Kier molecular flexibility index (Phi) is 1.10. The quantitative estimate of drug-likeness (QED) is 0.636. The molecule has 3 rings (SSSR count). The van der Waals surface area contributed by atoms with Crippen molar-refractivity contribution < 1.29 is 4.42 Å². The fourth-order valence-electron chi connectivity index (χ4n) is 1.76. The van der Waals surface area contributed by atoms with Gasteiger partial charge < -0.3 is 9.73 Å². The van der Waals surface area contributed by atoms with Gasteiger partial charge in [0, 0.05) is 18.5 Å². The first kappa shape index (κ1) is 6.26. The SMILES string of the molecule is c1cc2cc3c(cc2o1)CNC3. The average molecular weight is 159 g/mol. The summed E-state index contributed by atoms with van der Waals surface area (Å²) < 4.78 is 5.32. The second kappa shape index (κ2) is 2.11. The van der Waals surface area contributed by atoms with Gasteiger partial charge in [-0.3, -0.25) is 0 Å². The molecule has 0 saturated carbocycles. The normalized spacial score (nSPS) is 15.3. The van der Waals surface area contributed by atoms with E-state index < -0.39 is 0 Å². The lowest BCUT2D eigenvalue weighted by Crippen LogP contribution is -1.99. The monoisotopic (exact) mass is 159 g/mol. The van der Waals surface area contributed by atoms with Gasteiger partial charge in [0.25, 0.3) is 0 Å². The molecule has 1 aromatic carbocycles. The molecule has 60 valence electrons. The van der Waals surface area contributed by atoms with Crippen molar-refractivity contribution in [2.24, 2.45) is 0 Å². The van der Waals surface area contributed by atoms with Crippen molar-refractivity contribution in [3.05, 3.63) is 35.6 Å². The van der Waals surface area contributed by atoms with Crippen LogP contribution in [0.5, 0.6) is 0 Å². The summed E-state index contributed by atoms with van der Waals surface area (Å²) in [6.07, 6.45) is 1.74. The van der Waals surface area contributed by atoms with E-state index in [9.17, 15) is 0 Å². The maximum Gasteiger partial charge on any atom is 0.134 e. The molecule has 2 heterocycles. The molecule has 1 N–H and O–H groups in total. The molecule has 1 aliphatic heterocycles. The molecule has 0 aliphatic carbocycles. The maximum atomic E-state index is 5.32. The zero-order valence-corrected chi connectivity index (χ0v) is 6.63. The van der Waals surface area contributed by atoms with Crippen LogP contribution in [0, 0.1) is 0 Å². The molecule has 0 unspecified atom stereocenters. The van der Waals surface area contributed by atoms with Gasteiger partial charge in [-0.05, 0) is 29.3 Å². The number of fused-ring (bicyclic) bond motifs is 2. The summed E-state index contributed by atoms with van der Waals surface area (Å²) in [7, 11) is 0. The first-order valence-corrected chi connectivity index (χ1v) is 4.13. The van der Waals surface area contributed by atoms with Gasteiger partial charge in [-0.2, -0.15) is 0 Å². The second-order valence-electron chi connectivity index (χ2n) is 3.18. The van der Waals surface area contributed by atoms with Crippen LogP contribution in [0.1, 0.15) is 11.1 Å². The number of hydrogen-bond acceptors (Lipinski definition) is 2. The van der Waals surface area contributed by atoms with E-state index in [0.29, 0.717) is 0 Å². The van der Waals surface area contributed by atoms with Crippen molar-refractivity contribution >= 4 is 11.0 Å². The van der Waals surface area contributed by atoms with E-state index in [0.717, 1.165) is 18.7 Å². The molecule has 2 nitrogen and oxygen atoms in total. The predicted octanol–water partition coefficient (Wildman–Crippen LogP) is 2.04. The summed E-state index contributed by atoms with van der Waals surface area (Å²) >= 11 is 0. The maximum absolute atomic E-state index is 5.32. The standard InChI is InChI=1S/C10H9NO/c1-2-12-10-4-9-6-11-5-8(9)3-7(1)10/h1-4,11H,5-6H2. The third kappa shape index (κ3) is 0.728. The number of hydrogen-bond donors (Lipinski definition) is 1. The molecular formula is C10H9NO. The Morgan fingerprint density at radius 2 is 2.00 bits per heavy atom. The lowest BCUT2D eigenvalue weighted by molar-refractivity contribution is 0.615. The highest BCUT2D eigenvalue weighted by molar-refractivity contribution is 5.79. The van der Waals surface area contributed by atoms with Crippen molar-refractivity contribution in [2.75, 3.05) is 0 Å². The summed E-state index contributed by atoms with van der Waals surface area (Å²) in [5.74, 6) is 0. The van der Waals surface area contributed by atoms with Crippen LogP contribution < -0.4 is 5.32 Å². The van der Waals surface area contributed by atoms with Crippen LogP contribution in [0.25, 0.3) is 11.0 Å². The summed E-state index contributed by atoms with van der Waals surface area (Å²) in [4.78, 5) is 0. The summed E-state index contributed by atoms with van der Waals surface area (Å²) in [5.41, 5.74) is 3.78. The van der Waals surface area contributed by atoms with Gasteiger partial charge in [0.1, 0.15) is 5.58 Å². The molecule has 0 bridgehead atoms. The van der Waals surface area contributed by atoms with Crippen LogP contribution in [0.4, 0.5) is 0 Å². The van der Waals surface area contributed by atoms with Gasteiger partial charge in [0.05, 0.1) is 6.26 Å². The van der Waals surface area contributed by atoms with Crippen molar-refractivity contribution in [2.45, 2.75) is 13.1 Å². The van der Waals surface area contributed by atoms with Gasteiger partial charge in [0.15, 0.2) is 0 Å². The van der Waals surface area contributed by atoms with Gasteiger partial charge in [-0.15, -0.1) is 0 Å². The summed E-state index contributed by atoms with van der Waals surface area (Å²) in [6.45, 7) is 1.97. The minimum Gasteiger partial charge on any atom is -0.464 e. The minimum absolute atomic E-state index is 0.978. The van der Waals surface area contributed by atoms with Crippen LogP contribution >= 0.6 is 0 Å². The number of furan rings is 1. The lowest BCUT2D eigenvalue weighted by Gasteiger charge is -1.95. The van der Waals surface area contributed by atoms with Crippen molar-refractivity contribution in [3.8, 4) is 0 Å². The predicted molar refractivity (Wildman–Crippen MR) is 46.8 cm³/mol. The van der Waals surface area contributed by atoms with E-state index in [1.165, 1.54) is 16.5 Å². The highest BCUT2D eigenvalue weighted by Gasteiger charge is 2.11. The average Bonchev–Trinajstić information content (AvgIpc) is 2.64. The van der Waals surface area contributed by atoms with Gasteiger partial charge >= 0.3 is 0 Å². The number of nitrogens with one attached hydrogen (secondary N) is 1. The molecule has 2 heteroatoms. The Morgan fingerprint density at radius 1 is 1.17 bits per heavy atom. The van der Waals surface area contributed by atoms with Crippen molar-refractivity contribution in [1.29, 1.82) is 0 Å². The van der Waals surface area contributed by atoms with Crippen molar-refractivity contribution in [1.82, 2.24) is 5.32 Å². The van der Waals surface area contributed by atoms with Crippen LogP contribution in [0.2, 0.25) is 0 Å². The summed E-state index contributed by atoms with van der Waals surface area (Å²) in [5, 5.41) is 4.52. The highest BCUT2D eigenvalue weighted by Crippen LogP contribution is 2.23. The third-order valence-electron chi connectivity index (χ3n) is 2.41. The van der Waals surface area contributed by atoms with Gasteiger partial charge in [-0.25, -0.2) is 0 Å². The molecule has 0 amide bonds. The zero-order valence-electron chi connectivity index (χ0n) is 6.63. The Morgan fingerprint density at radius 3 is 2.92 bits per heavy atom. The molecule has 0 radical (unpaired) electrons. The molecule has 1 aliphatic rings. The Balaban J connectivity index is 2.38. The van der Waals surface area contributed by atoms with E-state index >= 15 is 0 Å². The van der Waals surface area contributed by atoms with E-state index in [1.54, 1.807) is 6.26 Å². The third-order valence-corrected chi connectivity index (χ3v) is 2.41. The second-order valence-corrected chi connectivity index (χ2v) is 3.18. The van der Waals surface area contributed by atoms with E-state index in [-0.39, 0.29) is 0 Å². The molecular weight excluding hydrogens is 150 g/mol. The Labute approximate surface area is 70.2 Å². The van der Waals surface area contributed by atoms with Gasteiger partial charge in [-0.1, -0.05) is 0 Å². The molecule has 1 aromatic heterocycles. The van der Waals surface area contributed by atoms with Gasteiger partial charge in [0.2, 0.25) is 0 Å². The molecule has 0 fully saturated rings. The smallest absolute Gasteiger partial charge is 0.134 e. The van der Waals surface area contributed by atoms with Crippen LogP contribution in [-0.2, 0) is 13.1 Å². The fourth-order valence-corrected chi connectivity index (χ4v) is 1.76. The van der Waals surface area contributed by atoms with E-state index in [4.69, 9.17) is 4.42 Å². The Hall–Kier alpha value is -1.28. The highest BCUT2D eigenvalue weighted by atomic mass is 16.3. The molecule has 0 atom stereocenters.